The number of carbonyl (C=O) groups excluding carboxylic acids is 1. The first-order chi connectivity index (χ1) is 9.04. The largest absolute Gasteiger partial charge is 0.343 e. The SMILES string of the molecule is CCn1nc(C)c(C(=O)N(C)Cc2ncon2)c1C. The Morgan fingerprint density at radius 1 is 1.47 bits per heavy atom. The van der Waals surface area contributed by atoms with Gasteiger partial charge in [-0.1, -0.05) is 5.16 Å². The van der Waals surface area contributed by atoms with Crippen LogP contribution in [-0.2, 0) is 13.1 Å². The quantitative estimate of drug-likeness (QED) is 0.827. The van der Waals surface area contributed by atoms with Gasteiger partial charge in [0.2, 0.25) is 6.39 Å². The maximum atomic E-state index is 12.4. The Hall–Kier alpha value is -2.18. The van der Waals surface area contributed by atoms with Crippen LogP contribution in [0.5, 0.6) is 0 Å². The predicted octanol–water partition coefficient (Wildman–Crippen LogP) is 1.18. The number of aryl methyl sites for hydroxylation is 2. The van der Waals surface area contributed by atoms with Crippen LogP contribution in [0.3, 0.4) is 0 Å². The first-order valence-electron chi connectivity index (χ1n) is 6.09. The summed E-state index contributed by atoms with van der Waals surface area (Å²) in [6.07, 6.45) is 1.25. The molecule has 0 radical (unpaired) electrons. The van der Waals surface area contributed by atoms with Gasteiger partial charge in [-0.15, -0.1) is 0 Å². The Kier molecular flexibility index (Phi) is 3.64. The van der Waals surface area contributed by atoms with Gasteiger partial charge in [0.05, 0.1) is 17.8 Å². The first kappa shape index (κ1) is 13.3. The average Bonchev–Trinajstić information content (AvgIpc) is 2.97. The molecule has 1 amide bonds. The molecule has 7 nitrogen and oxygen atoms in total. The van der Waals surface area contributed by atoms with Crippen LogP contribution in [0.15, 0.2) is 10.9 Å². The summed E-state index contributed by atoms with van der Waals surface area (Å²) in [4.78, 5) is 17.9. The van der Waals surface area contributed by atoms with Crippen molar-refractivity contribution in [3.63, 3.8) is 0 Å². The van der Waals surface area contributed by atoms with Crippen LogP contribution in [0, 0.1) is 13.8 Å². The van der Waals surface area contributed by atoms with E-state index in [9.17, 15) is 4.79 Å². The third kappa shape index (κ3) is 2.49. The molecule has 2 rings (SSSR count). The van der Waals surface area contributed by atoms with Crippen LogP contribution in [0.2, 0.25) is 0 Å². The van der Waals surface area contributed by atoms with E-state index >= 15 is 0 Å². The molecule has 0 aliphatic rings. The average molecular weight is 263 g/mol. The smallest absolute Gasteiger partial charge is 0.257 e. The van der Waals surface area contributed by atoms with Crippen molar-refractivity contribution >= 4 is 5.91 Å². The Morgan fingerprint density at radius 3 is 2.74 bits per heavy atom. The molecule has 0 aliphatic heterocycles. The first-order valence-corrected chi connectivity index (χ1v) is 6.09. The standard InChI is InChI=1S/C12H17N5O2/c1-5-17-9(3)11(8(2)14-17)12(18)16(4)6-10-13-7-19-15-10/h7H,5-6H2,1-4H3. The van der Waals surface area contributed by atoms with Crippen molar-refractivity contribution in [2.75, 3.05) is 7.05 Å². The maximum Gasteiger partial charge on any atom is 0.257 e. The Balaban J connectivity index is 2.21. The van der Waals surface area contributed by atoms with Crippen molar-refractivity contribution in [2.24, 2.45) is 0 Å². The summed E-state index contributed by atoms with van der Waals surface area (Å²) in [5, 5.41) is 8.05. The van der Waals surface area contributed by atoms with Gasteiger partial charge in [-0.05, 0) is 20.8 Å². The highest BCUT2D eigenvalue weighted by molar-refractivity contribution is 5.96. The molecule has 2 aromatic rings. The van der Waals surface area contributed by atoms with Gasteiger partial charge >= 0.3 is 0 Å². The van der Waals surface area contributed by atoms with Crippen LogP contribution in [0.25, 0.3) is 0 Å². The molecule has 0 bridgehead atoms. The van der Waals surface area contributed by atoms with Gasteiger partial charge in [0, 0.05) is 19.3 Å². The molecule has 0 saturated carbocycles. The molecule has 19 heavy (non-hydrogen) atoms. The molecule has 2 heterocycles. The topological polar surface area (TPSA) is 77.0 Å². The summed E-state index contributed by atoms with van der Waals surface area (Å²) in [6, 6.07) is 0. The lowest BCUT2D eigenvalue weighted by atomic mass is 10.1. The van der Waals surface area contributed by atoms with Crippen LogP contribution in [0.1, 0.15) is 34.5 Å². The fourth-order valence-electron chi connectivity index (χ4n) is 2.05. The number of hydrogen-bond acceptors (Lipinski definition) is 5. The van der Waals surface area contributed by atoms with E-state index in [0.29, 0.717) is 17.9 Å². The minimum Gasteiger partial charge on any atom is -0.343 e. The highest BCUT2D eigenvalue weighted by Gasteiger charge is 2.22. The molecule has 0 unspecified atom stereocenters. The highest BCUT2D eigenvalue weighted by Crippen LogP contribution is 2.15. The number of nitrogens with zero attached hydrogens (tertiary/aromatic N) is 5. The Bertz CT molecular complexity index is 573. The predicted molar refractivity (Wildman–Crippen MR) is 67.5 cm³/mol. The minimum absolute atomic E-state index is 0.0838. The van der Waals surface area contributed by atoms with Gasteiger partial charge in [-0.2, -0.15) is 10.1 Å². The van der Waals surface area contributed by atoms with Crippen molar-refractivity contribution in [3.05, 3.63) is 29.2 Å². The van der Waals surface area contributed by atoms with Crippen LogP contribution in [-0.4, -0.2) is 37.8 Å². The van der Waals surface area contributed by atoms with E-state index in [4.69, 9.17) is 0 Å². The molecular formula is C12H17N5O2. The van der Waals surface area contributed by atoms with Crippen LogP contribution < -0.4 is 0 Å². The molecule has 2 aromatic heterocycles. The lowest BCUT2D eigenvalue weighted by Crippen LogP contribution is -2.27. The van der Waals surface area contributed by atoms with E-state index in [2.05, 4.69) is 19.8 Å². The van der Waals surface area contributed by atoms with Crippen molar-refractivity contribution in [1.29, 1.82) is 0 Å². The Labute approximate surface area is 111 Å². The monoisotopic (exact) mass is 263 g/mol. The van der Waals surface area contributed by atoms with E-state index in [1.807, 2.05) is 25.5 Å². The number of carbonyl (C=O) groups is 1. The lowest BCUT2D eigenvalue weighted by molar-refractivity contribution is 0.0779. The minimum atomic E-state index is -0.0838. The molecule has 0 fully saturated rings. The second-order valence-electron chi connectivity index (χ2n) is 4.37. The molecular weight excluding hydrogens is 246 g/mol. The highest BCUT2D eigenvalue weighted by atomic mass is 16.5. The van der Waals surface area contributed by atoms with Gasteiger partial charge < -0.3 is 9.42 Å². The van der Waals surface area contributed by atoms with Gasteiger partial charge in [0.1, 0.15) is 0 Å². The molecule has 7 heteroatoms. The van der Waals surface area contributed by atoms with Crippen molar-refractivity contribution in [3.8, 4) is 0 Å². The zero-order valence-electron chi connectivity index (χ0n) is 11.5. The number of hydrogen-bond donors (Lipinski definition) is 0. The Morgan fingerprint density at radius 2 is 2.21 bits per heavy atom. The second-order valence-corrected chi connectivity index (χ2v) is 4.37. The van der Waals surface area contributed by atoms with E-state index < -0.39 is 0 Å². The summed E-state index contributed by atoms with van der Waals surface area (Å²) in [6.45, 7) is 6.80. The summed E-state index contributed by atoms with van der Waals surface area (Å²) in [7, 11) is 1.71. The number of aromatic nitrogens is 4. The molecule has 0 N–H and O–H groups in total. The summed E-state index contributed by atoms with van der Waals surface area (Å²) in [5.41, 5.74) is 2.27. The molecule has 102 valence electrons. The van der Waals surface area contributed by atoms with Gasteiger partial charge in [-0.25, -0.2) is 0 Å². The molecule has 0 atom stereocenters. The molecule has 0 spiro atoms. The van der Waals surface area contributed by atoms with E-state index in [-0.39, 0.29) is 5.91 Å². The normalized spacial score (nSPS) is 10.7. The lowest BCUT2D eigenvalue weighted by Gasteiger charge is -2.15. The third-order valence-corrected chi connectivity index (χ3v) is 3.03. The van der Waals surface area contributed by atoms with Crippen LogP contribution in [0.4, 0.5) is 0 Å². The molecule has 0 aliphatic carbocycles. The van der Waals surface area contributed by atoms with E-state index in [1.54, 1.807) is 11.9 Å². The zero-order chi connectivity index (χ0) is 14.0. The van der Waals surface area contributed by atoms with Gasteiger partial charge in [0.25, 0.3) is 5.91 Å². The van der Waals surface area contributed by atoms with Gasteiger partial charge in [0.15, 0.2) is 5.82 Å². The van der Waals surface area contributed by atoms with Crippen LogP contribution >= 0.6 is 0 Å². The summed E-state index contributed by atoms with van der Waals surface area (Å²) < 4.78 is 6.48. The number of amides is 1. The fraction of sp³-hybridized carbons (Fsp3) is 0.500. The molecule has 0 aromatic carbocycles. The van der Waals surface area contributed by atoms with E-state index in [0.717, 1.165) is 17.9 Å². The molecule has 0 saturated heterocycles. The summed E-state index contributed by atoms with van der Waals surface area (Å²) in [5.74, 6) is 0.397. The second kappa shape index (κ2) is 5.21. The third-order valence-electron chi connectivity index (χ3n) is 3.03. The van der Waals surface area contributed by atoms with Crippen molar-refractivity contribution < 1.29 is 9.32 Å². The van der Waals surface area contributed by atoms with Crippen molar-refractivity contribution in [2.45, 2.75) is 33.9 Å². The zero-order valence-corrected chi connectivity index (χ0v) is 11.5. The number of rotatable bonds is 4. The van der Waals surface area contributed by atoms with Gasteiger partial charge in [-0.3, -0.25) is 9.48 Å². The van der Waals surface area contributed by atoms with E-state index in [1.165, 1.54) is 6.39 Å². The van der Waals surface area contributed by atoms with Crippen molar-refractivity contribution in [1.82, 2.24) is 24.8 Å². The fourth-order valence-corrected chi connectivity index (χ4v) is 2.05. The maximum absolute atomic E-state index is 12.4. The summed E-state index contributed by atoms with van der Waals surface area (Å²) >= 11 is 0.